The van der Waals surface area contributed by atoms with Crippen LogP contribution < -0.4 is 20.6 Å². The summed E-state index contributed by atoms with van der Waals surface area (Å²) in [6, 6.07) is 5.52. The molecule has 0 spiro atoms. The van der Waals surface area contributed by atoms with Crippen molar-refractivity contribution >= 4 is 23.3 Å². The van der Waals surface area contributed by atoms with Gasteiger partial charge < -0.3 is 16.1 Å². The number of urea groups is 1. The van der Waals surface area contributed by atoms with Crippen molar-refractivity contribution in [3.05, 3.63) is 46.1 Å². The second kappa shape index (κ2) is 4.77. The van der Waals surface area contributed by atoms with Crippen LogP contribution in [0.2, 0.25) is 0 Å². The maximum absolute atomic E-state index is 12.1. The number of hydrogen-bond acceptors (Lipinski definition) is 4. The predicted octanol–water partition coefficient (Wildman–Crippen LogP) is -0.583. The predicted molar refractivity (Wildman–Crippen MR) is 66.9 cm³/mol. The number of carbonyl (C=O) groups excluding carboxylic acids is 1. The zero-order valence-electron chi connectivity index (χ0n) is 10.0. The first-order valence-corrected chi connectivity index (χ1v) is 5.35. The molecule has 0 unspecified atom stereocenters. The van der Waals surface area contributed by atoms with Gasteiger partial charge in [0, 0.05) is 19.1 Å². The number of primary amides is 1. The molecule has 0 saturated heterocycles. The molecule has 3 N–H and O–H groups in total. The van der Waals surface area contributed by atoms with Crippen molar-refractivity contribution in [1.82, 2.24) is 5.43 Å². The van der Waals surface area contributed by atoms with E-state index in [9.17, 15) is 15.2 Å². The highest BCUT2D eigenvalue weighted by molar-refractivity contribution is 5.80. The summed E-state index contributed by atoms with van der Waals surface area (Å²) in [5, 5.41) is 27.6. The fraction of sp³-hybridized carbons (Fsp3) is 0.0909. The number of fused-ring (bicyclic) bond motifs is 1. The van der Waals surface area contributed by atoms with E-state index in [1.165, 1.54) is 13.0 Å². The van der Waals surface area contributed by atoms with Crippen molar-refractivity contribution in [1.29, 1.82) is 0 Å². The number of amides is 2. The molecule has 0 saturated carbocycles. The second-order valence-electron chi connectivity index (χ2n) is 3.78. The van der Waals surface area contributed by atoms with E-state index in [4.69, 9.17) is 5.73 Å². The van der Waals surface area contributed by atoms with Crippen LogP contribution >= 0.6 is 0 Å². The van der Waals surface area contributed by atoms with Crippen molar-refractivity contribution in [3.8, 4) is 0 Å². The fourth-order valence-corrected chi connectivity index (χ4v) is 1.67. The van der Waals surface area contributed by atoms with Gasteiger partial charge in [0.15, 0.2) is 0 Å². The average molecular weight is 261 g/mol. The Morgan fingerprint density at radius 3 is 2.47 bits per heavy atom. The highest BCUT2D eigenvalue weighted by atomic mass is 16.5. The third-order valence-corrected chi connectivity index (χ3v) is 2.58. The van der Waals surface area contributed by atoms with E-state index in [0.29, 0.717) is 9.46 Å². The SMILES string of the molecule is Cc1c(C=NNC(N)=O)[n+]([O-])c2ccccc2[n+]1[O-]. The molecule has 2 rings (SSSR count). The molecule has 0 fully saturated rings. The van der Waals surface area contributed by atoms with Gasteiger partial charge >= 0.3 is 11.7 Å². The molecule has 0 atom stereocenters. The molecule has 0 bridgehead atoms. The van der Waals surface area contributed by atoms with Crippen LogP contribution in [0.3, 0.4) is 0 Å². The van der Waals surface area contributed by atoms with E-state index in [1.54, 1.807) is 18.2 Å². The van der Waals surface area contributed by atoms with Gasteiger partial charge in [0.25, 0.3) is 16.7 Å². The van der Waals surface area contributed by atoms with Crippen molar-refractivity contribution < 1.29 is 14.3 Å². The first-order chi connectivity index (χ1) is 9.02. The van der Waals surface area contributed by atoms with Crippen molar-refractivity contribution in [2.75, 3.05) is 0 Å². The maximum atomic E-state index is 12.1. The summed E-state index contributed by atoms with van der Waals surface area (Å²) in [7, 11) is 0. The van der Waals surface area contributed by atoms with Gasteiger partial charge in [-0.05, 0) is 0 Å². The minimum atomic E-state index is -0.859. The normalized spacial score (nSPS) is 11.0. The van der Waals surface area contributed by atoms with Crippen LogP contribution in [0.5, 0.6) is 0 Å². The second-order valence-corrected chi connectivity index (χ2v) is 3.78. The first-order valence-electron chi connectivity index (χ1n) is 5.35. The van der Waals surface area contributed by atoms with Crippen LogP contribution in [0, 0.1) is 17.3 Å². The van der Waals surface area contributed by atoms with Crippen molar-refractivity contribution in [2.45, 2.75) is 6.92 Å². The summed E-state index contributed by atoms with van der Waals surface area (Å²) >= 11 is 0. The standard InChI is InChI=1S/C11H11N5O3/c1-7-10(6-13-14-11(12)17)16(19)9-5-3-2-4-8(9)15(7)18/h2-6H,1H3,(H3,12,14,17). The van der Waals surface area contributed by atoms with Crippen LogP contribution in [0.25, 0.3) is 11.0 Å². The number of hydrazone groups is 1. The van der Waals surface area contributed by atoms with E-state index in [1.807, 2.05) is 5.43 Å². The van der Waals surface area contributed by atoms with Gasteiger partial charge in [0.05, 0.1) is 0 Å². The van der Waals surface area contributed by atoms with E-state index in [-0.39, 0.29) is 22.4 Å². The lowest BCUT2D eigenvalue weighted by atomic mass is 10.2. The van der Waals surface area contributed by atoms with Crippen molar-refractivity contribution in [2.24, 2.45) is 10.8 Å². The number of nitrogens with two attached hydrogens (primary N) is 1. The molecule has 0 radical (unpaired) electrons. The molecule has 19 heavy (non-hydrogen) atoms. The van der Waals surface area contributed by atoms with Crippen molar-refractivity contribution in [3.63, 3.8) is 0 Å². The highest BCUT2D eigenvalue weighted by Gasteiger charge is 2.22. The van der Waals surface area contributed by atoms with Gasteiger partial charge in [-0.25, -0.2) is 10.2 Å². The van der Waals surface area contributed by atoms with Gasteiger partial charge in [0.2, 0.25) is 0 Å². The summed E-state index contributed by atoms with van der Waals surface area (Å²) in [6.07, 6.45) is 1.08. The number of nitrogens with one attached hydrogen (secondary N) is 1. The van der Waals surface area contributed by atoms with E-state index in [2.05, 4.69) is 5.10 Å². The Bertz CT molecular complexity index is 684. The zero-order chi connectivity index (χ0) is 14.0. The average Bonchev–Trinajstić information content (AvgIpc) is 2.40. The molecular formula is C11H11N5O3. The molecule has 0 aliphatic carbocycles. The van der Waals surface area contributed by atoms with Crippen LogP contribution in [0.15, 0.2) is 29.4 Å². The number of aromatic nitrogens is 2. The van der Waals surface area contributed by atoms with Crippen LogP contribution in [0.1, 0.15) is 11.4 Å². The first kappa shape index (κ1) is 12.6. The molecule has 8 nitrogen and oxygen atoms in total. The molecule has 2 amide bonds. The minimum Gasteiger partial charge on any atom is -0.618 e. The van der Waals surface area contributed by atoms with Gasteiger partial charge in [-0.2, -0.15) is 14.6 Å². The molecule has 8 heteroatoms. The monoisotopic (exact) mass is 261 g/mol. The van der Waals surface area contributed by atoms with E-state index >= 15 is 0 Å². The van der Waals surface area contributed by atoms with Gasteiger partial charge in [-0.15, -0.1) is 0 Å². The number of hydrogen-bond donors (Lipinski definition) is 2. The lowest BCUT2D eigenvalue weighted by Crippen LogP contribution is -2.45. The summed E-state index contributed by atoms with van der Waals surface area (Å²) in [5.74, 6) is 0. The summed E-state index contributed by atoms with van der Waals surface area (Å²) in [5.41, 5.74) is 7.47. The smallest absolute Gasteiger partial charge is 0.332 e. The highest BCUT2D eigenvalue weighted by Crippen LogP contribution is 2.07. The van der Waals surface area contributed by atoms with Crippen LogP contribution in [0.4, 0.5) is 4.79 Å². The third-order valence-electron chi connectivity index (χ3n) is 2.58. The van der Waals surface area contributed by atoms with Gasteiger partial charge in [-0.3, -0.25) is 0 Å². The molecule has 0 aliphatic heterocycles. The molecule has 0 aliphatic rings. The molecule has 1 aromatic heterocycles. The zero-order valence-corrected chi connectivity index (χ0v) is 10.0. The minimum absolute atomic E-state index is 0.0300. The molecule has 98 valence electrons. The number of nitrogens with zero attached hydrogens (tertiary/aromatic N) is 3. The van der Waals surface area contributed by atoms with Gasteiger partial charge in [0.1, 0.15) is 6.21 Å². The van der Waals surface area contributed by atoms with E-state index < -0.39 is 6.03 Å². The topological polar surface area (TPSA) is 121 Å². The number of benzene rings is 1. The summed E-state index contributed by atoms with van der Waals surface area (Å²) in [4.78, 5) is 10.5. The Hall–Kier alpha value is -2.90. The quantitative estimate of drug-likeness (QED) is 0.325. The lowest BCUT2D eigenvalue weighted by Gasteiger charge is -2.08. The lowest BCUT2D eigenvalue weighted by molar-refractivity contribution is -0.634. The Morgan fingerprint density at radius 2 is 1.89 bits per heavy atom. The number of rotatable bonds is 2. The Kier molecular flexibility index (Phi) is 3.15. The summed E-state index contributed by atoms with van der Waals surface area (Å²) in [6.45, 7) is 1.49. The molecule has 1 heterocycles. The third kappa shape index (κ3) is 2.23. The maximum Gasteiger partial charge on any atom is 0.332 e. The van der Waals surface area contributed by atoms with Crippen LogP contribution in [-0.2, 0) is 0 Å². The Labute approximate surface area is 107 Å². The summed E-state index contributed by atoms with van der Waals surface area (Å²) < 4.78 is 1.21. The van der Waals surface area contributed by atoms with E-state index in [0.717, 1.165) is 6.21 Å². The number of para-hydroxylation sites is 2. The Morgan fingerprint density at radius 1 is 1.32 bits per heavy atom. The molecule has 1 aromatic carbocycles. The van der Waals surface area contributed by atoms with Gasteiger partial charge in [-0.1, -0.05) is 12.1 Å². The number of carbonyl (C=O) groups is 1. The fourth-order valence-electron chi connectivity index (χ4n) is 1.67. The van der Waals surface area contributed by atoms with Crippen LogP contribution in [-0.4, -0.2) is 12.2 Å². The molecule has 2 aromatic rings. The molecular weight excluding hydrogens is 250 g/mol. The largest absolute Gasteiger partial charge is 0.618 e. The Balaban J connectivity index is 2.61.